The van der Waals surface area contributed by atoms with Crippen LogP contribution in [0.4, 0.5) is 13.8 Å². The van der Waals surface area contributed by atoms with Crippen molar-refractivity contribution in [1.82, 2.24) is 4.37 Å². The van der Waals surface area contributed by atoms with Crippen LogP contribution in [0.15, 0.2) is 12.1 Å². The number of aromatic nitrogens is 1. The summed E-state index contributed by atoms with van der Waals surface area (Å²) in [5.74, 6) is -2.40. The van der Waals surface area contributed by atoms with E-state index in [4.69, 9.17) is 16.2 Å². The molecule has 2 rings (SSSR count). The van der Waals surface area contributed by atoms with E-state index in [1.165, 1.54) is 12.1 Å². The first kappa shape index (κ1) is 14.2. The van der Waals surface area contributed by atoms with Crippen molar-refractivity contribution in [2.24, 2.45) is 5.73 Å². The molecule has 1 amide bonds. The van der Waals surface area contributed by atoms with E-state index < -0.39 is 24.1 Å². The molecule has 0 unspecified atom stereocenters. The number of halogens is 2. The van der Waals surface area contributed by atoms with Crippen LogP contribution in [-0.4, -0.2) is 10.3 Å². The molecule has 0 radical (unpaired) electrons. The Morgan fingerprint density at radius 3 is 2.55 bits per heavy atom. The summed E-state index contributed by atoms with van der Waals surface area (Å²) in [6.07, 6.45) is 0. The Morgan fingerprint density at radius 1 is 1.40 bits per heavy atom. The number of anilines is 1. The largest absolute Gasteiger partial charge is 0.471 e. The minimum Gasteiger partial charge on any atom is -0.471 e. The van der Waals surface area contributed by atoms with Crippen molar-refractivity contribution in [3.8, 4) is 5.88 Å². The zero-order valence-electron chi connectivity index (χ0n) is 10.4. The molecule has 5 nitrogen and oxygen atoms in total. The average molecular weight is 299 g/mol. The fourth-order valence-corrected chi connectivity index (χ4v) is 2.23. The summed E-state index contributed by atoms with van der Waals surface area (Å²) in [5.41, 5.74) is 10.8. The highest BCUT2D eigenvalue weighted by molar-refractivity contribution is 7.10. The van der Waals surface area contributed by atoms with Crippen molar-refractivity contribution in [3.63, 3.8) is 0 Å². The molecule has 0 aliphatic carbocycles. The second-order valence-electron chi connectivity index (χ2n) is 4.09. The maximum atomic E-state index is 13.6. The van der Waals surface area contributed by atoms with E-state index in [0.717, 1.165) is 11.5 Å². The van der Waals surface area contributed by atoms with Crippen LogP contribution in [0.1, 0.15) is 21.5 Å². The van der Waals surface area contributed by atoms with Gasteiger partial charge in [-0.3, -0.25) is 4.79 Å². The van der Waals surface area contributed by atoms with Crippen molar-refractivity contribution in [1.29, 1.82) is 0 Å². The molecule has 0 aliphatic heterocycles. The number of primary amides is 1. The third-order valence-electron chi connectivity index (χ3n) is 2.57. The Balaban J connectivity index is 2.24. The molecule has 0 fully saturated rings. The molecule has 1 heterocycles. The molecule has 106 valence electrons. The predicted octanol–water partition coefficient (Wildman–Crippen LogP) is 1.99. The molecule has 2 aromatic rings. The van der Waals surface area contributed by atoms with Gasteiger partial charge in [0.2, 0.25) is 5.88 Å². The van der Waals surface area contributed by atoms with E-state index >= 15 is 0 Å². The number of hydrogen-bond donors (Lipinski definition) is 2. The zero-order valence-corrected chi connectivity index (χ0v) is 11.3. The van der Waals surface area contributed by atoms with Crippen LogP contribution in [0, 0.1) is 18.6 Å². The highest BCUT2D eigenvalue weighted by Gasteiger charge is 2.19. The summed E-state index contributed by atoms with van der Waals surface area (Å²) >= 11 is 0.820. The highest BCUT2D eigenvalue weighted by atomic mass is 32.1. The number of ether oxygens (including phenoxy) is 1. The summed E-state index contributed by atoms with van der Waals surface area (Å²) in [5, 5.41) is 0.0948. The fourth-order valence-electron chi connectivity index (χ4n) is 1.62. The van der Waals surface area contributed by atoms with E-state index in [1.807, 2.05) is 0 Å². The molecule has 8 heteroatoms. The smallest absolute Gasteiger partial charge is 0.257 e. The molecule has 1 aromatic carbocycles. The number of carbonyl (C=O) groups is 1. The number of benzene rings is 1. The van der Waals surface area contributed by atoms with E-state index in [9.17, 15) is 13.6 Å². The van der Waals surface area contributed by atoms with Gasteiger partial charge in [0.25, 0.3) is 5.91 Å². The van der Waals surface area contributed by atoms with Crippen molar-refractivity contribution >= 4 is 22.4 Å². The van der Waals surface area contributed by atoms with Gasteiger partial charge in [0.1, 0.15) is 28.8 Å². The summed E-state index contributed by atoms with van der Waals surface area (Å²) in [6.45, 7) is 1.16. The molecule has 20 heavy (non-hydrogen) atoms. The van der Waals surface area contributed by atoms with Crippen LogP contribution < -0.4 is 16.2 Å². The molecule has 1 aromatic heterocycles. The number of nitrogens with two attached hydrogens (primary N) is 2. The second-order valence-corrected chi connectivity index (χ2v) is 4.89. The quantitative estimate of drug-likeness (QED) is 0.903. The Hall–Kier alpha value is -2.22. The van der Waals surface area contributed by atoms with E-state index in [-0.39, 0.29) is 22.0 Å². The number of carbonyl (C=O) groups excluding carboxylic acids is 1. The van der Waals surface area contributed by atoms with E-state index in [0.29, 0.717) is 5.56 Å². The van der Waals surface area contributed by atoms with Crippen molar-refractivity contribution in [2.45, 2.75) is 13.5 Å². The number of rotatable bonds is 4. The van der Waals surface area contributed by atoms with Crippen molar-refractivity contribution in [2.75, 3.05) is 5.73 Å². The Bertz CT molecular complexity index is 650. The second kappa shape index (κ2) is 5.41. The maximum Gasteiger partial charge on any atom is 0.257 e. The monoisotopic (exact) mass is 299 g/mol. The van der Waals surface area contributed by atoms with Gasteiger partial charge in [-0.1, -0.05) is 0 Å². The highest BCUT2D eigenvalue weighted by Crippen LogP contribution is 2.28. The minimum absolute atomic E-state index is 0.0806. The van der Waals surface area contributed by atoms with E-state index in [2.05, 4.69) is 4.37 Å². The van der Waals surface area contributed by atoms with Crippen LogP contribution in [0.5, 0.6) is 5.88 Å². The number of amides is 1. The molecular formula is C12H11F2N3O2S. The van der Waals surface area contributed by atoms with Crippen LogP contribution in [0.3, 0.4) is 0 Å². The molecule has 0 atom stereocenters. The van der Waals surface area contributed by atoms with Gasteiger partial charge in [-0.15, -0.1) is 0 Å². The lowest BCUT2D eigenvalue weighted by molar-refractivity contribution is 0.0996. The van der Waals surface area contributed by atoms with Crippen LogP contribution in [-0.2, 0) is 6.61 Å². The SMILES string of the molecule is Cc1cc(F)c(COc2nsc(N)c2C(N)=O)c(F)c1. The minimum atomic E-state index is -0.809. The first-order valence-corrected chi connectivity index (χ1v) is 6.29. The summed E-state index contributed by atoms with van der Waals surface area (Å²) < 4.78 is 36.2. The third-order valence-corrected chi connectivity index (χ3v) is 3.23. The number of hydrogen-bond acceptors (Lipinski definition) is 5. The van der Waals surface area contributed by atoms with Gasteiger partial charge >= 0.3 is 0 Å². The zero-order chi connectivity index (χ0) is 14.9. The number of nitrogens with zero attached hydrogens (tertiary/aromatic N) is 1. The first-order valence-electron chi connectivity index (χ1n) is 5.52. The Labute approximate surface area is 117 Å². The van der Waals surface area contributed by atoms with Crippen LogP contribution in [0.2, 0.25) is 0 Å². The van der Waals surface area contributed by atoms with Gasteiger partial charge in [0.05, 0.1) is 5.56 Å². The number of nitrogen functional groups attached to an aromatic ring is 1. The lowest BCUT2D eigenvalue weighted by Gasteiger charge is -2.08. The summed E-state index contributed by atoms with van der Waals surface area (Å²) in [7, 11) is 0. The van der Waals surface area contributed by atoms with Crippen LogP contribution in [0.25, 0.3) is 0 Å². The lowest BCUT2D eigenvalue weighted by Crippen LogP contribution is -2.14. The van der Waals surface area contributed by atoms with Gasteiger partial charge in [0.15, 0.2) is 0 Å². The fraction of sp³-hybridized carbons (Fsp3) is 0.167. The molecule has 0 saturated carbocycles. The summed E-state index contributed by atoms with van der Waals surface area (Å²) in [6, 6.07) is 2.37. The van der Waals surface area contributed by atoms with Crippen molar-refractivity contribution < 1.29 is 18.3 Å². The predicted molar refractivity (Wildman–Crippen MR) is 70.5 cm³/mol. The Morgan fingerprint density at radius 2 is 2.00 bits per heavy atom. The van der Waals surface area contributed by atoms with Crippen molar-refractivity contribution in [3.05, 3.63) is 40.5 Å². The molecular weight excluding hydrogens is 288 g/mol. The van der Waals surface area contributed by atoms with Gasteiger partial charge < -0.3 is 16.2 Å². The van der Waals surface area contributed by atoms with Gasteiger partial charge in [0, 0.05) is 0 Å². The van der Waals surface area contributed by atoms with Crippen LogP contribution >= 0.6 is 11.5 Å². The van der Waals surface area contributed by atoms with Gasteiger partial charge in [-0.05, 0) is 36.2 Å². The molecule has 0 bridgehead atoms. The number of aryl methyl sites for hydroxylation is 1. The molecule has 4 N–H and O–H groups in total. The summed E-state index contributed by atoms with van der Waals surface area (Å²) in [4.78, 5) is 11.2. The normalized spacial score (nSPS) is 10.6. The standard InChI is InChI=1S/C12H11F2N3O2S/c1-5-2-7(13)6(8(14)3-5)4-19-12-9(10(15)18)11(16)20-17-12/h2-3H,4,16H2,1H3,(H2,15,18). The maximum absolute atomic E-state index is 13.6. The average Bonchev–Trinajstić information content (AvgIpc) is 2.69. The van der Waals surface area contributed by atoms with Gasteiger partial charge in [-0.2, -0.15) is 4.37 Å². The molecule has 0 saturated heterocycles. The third kappa shape index (κ3) is 2.69. The molecule has 0 spiro atoms. The van der Waals surface area contributed by atoms with Gasteiger partial charge in [-0.25, -0.2) is 8.78 Å². The topological polar surface area (TPSA) is 91.2 Å². The Kier molecular flexibility index (Phi) is 3.84. The first-order chi connectivity index (χ1) is 9.40. The van der Waals surface area contributed by atoms with E-state index in [1.54, 1.807) is 6.92 Å². The lowest BCUT2D eigenvalue weighted by atomic mass is 10.1. The molecule has 0 aliphatic rings.